The monoisotopic (exact) mass is 420 g/mol. The number of fused-ring (bicyclic) bond motifs is 1. The molecule has 1 amide bonds. The molecule has 1 aromatic carbocycles. The second kappa shape index (κ2) is 8.35. The van der Waals surface area contributed by atoms with E-state index < -0.39 is 17.6 Å². The first-order valence-electron chi connectivity index (χ1n) is 9.26. The summed E-state index contributed by atoms with van der Waals surface area (Å²) in [4.78, 5) is 19.0. The minimum atomic E-state index is -4.51. The number of nitrogens with zero attached hydrogens (tertiary/aromatic N) is 3. The van der Waals surface area contributed by atoms with Crippen molar-refractivity contribution in [2.45, 2.75) is 19.1 Å². The van der Waals surface area contributed by atoms with Gasteiger partial charge in [-0.15, -0.1) is 0 Å². The summed E-state index contributed by atoms with van der Waals surface area (Å²) < 4.78 is 45.6. The van der Waals surface area contributed by atoms with Crippen LogP contribution in [0.3, 0.4) is 0 Å². The summed E-state index contributed by atoms with van der Waals surface area (Å²) in [5, 5.41) is 2.83. The average Bonchev–Trinajstić information content (AvgIpc) is 3.02. The van der Waals surface area contributed by atoms with Crippen molar-refractivity contribution in [3.63, 3.8) is 0 Å². The molecule has 0 saturated carbocycles. The second-order valence-corrected chi connectivity index (χ2v) is 7.15. The maximum atomic E-state index is 13.1. The van der Waals surface area contributed by atoms with Crippen LogP contribution < -0.4 is 10.1 Å². The first-order valence-corrected chi connectivity index (χ1v) is 9.26. The van der Waals surface area contributed by atoms with Crippen LogP contribution in [0.2, 0.25) is 0 Å². The summed E-state index contributed by atoms with van der Waals surface area (Å²) >= 11 is 0. The topological polar surface area (TPSA) is 58.9 Å². The largest absolute Gasteiger partial charge is 0.497 e. The third-order valence-electron chi connectivity index (χ3n) is 4.92. The number of pyridine rings is 1. The van der Waals surface area contributed by atoms with E-state index in [-0.39, 0.29) is 23.9 Å². The molecule has 2 aromatic heterocycles. The van der Waals surface area contributed by atoms with Gasteiger partial charge < -0.3 is 15.0 Å². The van der Waals surface area contributed by atoms with Gasteiger partial charge in [-0.2, -0.15) is 13.2 Å². The van der Waals surface area contributed by atoms with Gasteiger partial charge in [0.05, 0.1) is 24.4 Å². The van der Waals surface area contributed by atoms with E-state index in [4.69, 9.17) is 4.74 Å². The maximum absolute atomic E-state index is 13.1. The van der Waals surface area contributed by atoms with Gasteiger partial charge in [0.1, 0.15) is 17.1 Å². The van der Waals surface area contributed by atoms with Crippen LogP contribution in [0.15, 0.2) is 42.6 Å². The number of hydrogen-bond acceptors (Lipinski definition) is 4. The van der Waals surface area contributed by atoms with Crippen molar-refractivity contribution in [2.75, 3.05) is 27.7 Å². The molecule has 0 fully saturated rings. The molecule has 2 heterocycles. The lowest BCUT2D eigenvalue weighted by molar-refractivity contribution is -0.137. The Bertz CT molecular complexity index is 1040. The fourth-order valence-electron chi connectivity index (χ4n) is 3.30. The zero-order valence-corrected chi connectivity index (χ0v) is 17.1. The van der Waals surface area contributed by atoms with E-state index in [1.165, 1.54) is 10.5 Å². The van der Waals surface area contributed by atoms with Crippen molar-refractivity contribution in [3.05, 3.63) is 65.1 Å². The zero-order chi connectivity index (χ0) is 22.1. The number of amides is 1. The summed E-state index contributed by atoms with van der Waals surface area (Å²) in [6, 6.07) is 9.56. The number of aryl methyl sites for hydroxylation is 1. The van der Waals surface area contributed by atoms with Gasteiger partial charge in [-0.1, -0.05) is 12.1 Å². The highest BCUT2D eigenvalue weighted by Crippen LogP contribution is 2.30. The maximum Gasteiger partial charge on any atom is 0.417 e. The number of methoxy groups -OCH3 is 1. The van der Waals surface area contributed by atoms with Crippen molar-refractivity contribution >= 4 is 11.6 Å². The molecular formula is C21H23F3N4O2. The molecule has 1 unspecified atom stereocenters. The Labute approximate surface area is 172 Å². The molecule has 3 aromatic rings. The molecule has 160 valence electrons. The van der Waals surface area contributed by atoms with Crippen molar-refractivity contribution < 1.29 is 22.7 Å². The Morgan fingerprint density at radius 1 is 1.20 bits per heavy atom. The fourth-order valence-corrected chi connectivity index (χ4v) is 3.30. The minimum absolute atomic E-state index is 0.0864. The van der Waals surface area contributed by atoms with E-state index in [1.807, 2.05) is 43.3 Å². The highest BCUT2D eigenvalue weighted by molar-refractivity contribution is 5.94. The number of ether oxygens (including phenoxy) is 1. The molecule has 9 heteroatoms. The Kier molecular flexibility index (Phi) is 6.02. The first kappa shape index (κ1) is 21.6. The fraction of sp³-hybridized carbons (Fsp3) is 0.333. The molecule has 0 radical (unpaired) electrons. The normalized spacial score (nSPS) is 12.9. The summed E-state index contributed by atoms with van der Waals surface area (Å²) in [5.41, 5.74) is 0.854. The molecule has 0 aliphatic rings. The number of nitrogens with one attached hydrogen (secondary N) is 1. The van der Waals surface area contributed by atoms with E-state index in [0.717, 1.165) is 23.6 Å². The molecule has 0 saturated heterocycles. The summed E-state index contributed by atoms with van der Waals surface area (Å²) in [5.74, 6) is 0.238. The zero-order valence-electron chi connectivity index (χ0n) is 17.1. The van der Waals surface area contributed by atoms with E-state index in [1.54, 1.807) is 14.0 Å². The molecule has 0 aliphatic carbocycles. The second-order valence-electron chi connectivity index (χ2n) is 7.15. The Hall–Kier alpha value is -3.07. The van der Waals surface area contributed by atoms with Crippen molar-refractivity contribution in [1.82, 2.24) is 19.6 Å². The van der Waals surface area contributed by atoms with Crippen LogP contribution in [0, 0.1) is 6.92 Å². The van der Waals surface area contributed by atoms with Gasteiger partial charge in [0, 0.05) is 12.7 Å². The number of halogens is 3. The molecule has 0 bridgehead atoms. The number of alkyl halides is 3. The predicted octanol–water partition coefficient (Wildman–Crippen LogP) is 3.70. The van der Waals surface area contributed by atoms with Gasteiger partial charge in [0.15, 0.2) is 0 Å². The van der Waals surface area contributed by atoms with E-state index in [9.17, 15) is 18.0 Å². The van der Waals surface area contributed by atoms with Gasteiger partial charge in [0.25, 0.3) is 5.91 Å². The smallest absolute Gasteiger partial charge is 0.417 e. The molecule has 1 N–H and O–H groups in total. The third-order valence-corrected chi connectivity index (χ3v) is 4.92. The quantitative estimate of drug-likeness (QED) is 0.661. The Morgan fingerprint density at radius 2 is 1.87 bits per heavy atom. The molecule has 6 nitrogen and oxygen atoms in total. The van der Waals surface area contributed by atoms with Crippen molar-refractivity contribution in [3.8, 4) is 5.75 Å². The number of hydrogen-bond donors (Lipinski definition) is 1. The average molecular weight is 420 g/mol. The molecule has 30 heavy (non-hydrogen) atoms. The highest BCUT2D eigenvalue weighted by Gasteiger charge is 2.31. The van der Waals surface area contributed by atoms with Crippen LogP contribution in [-0.2, 0) is 6.18 Å². The molecule has 1 atom stereocenters. The minimum Gasteiger partial charge on any atom is -0.497 e. The van der Waals surface area contributed by atoms with Crippen LogP contribution in [0.4, 0.5) is 13.2 Å². The predicted molar refractivity (Wildman–Crippen MR) is 107 cm³/mol. The van der Waals surface area contributed by atoms with Gasteiger partial charge in [0.2, 0.25) is 0 Å². The molecule has 3 rings (SSSR count). The Morgan fingerprint density at radius 3 is 2.43 bits per heavy atom. The third kappa shape index (κ3) is 4.40. The van der Waals surface area contributed by atoms with Crippen LogP contribution in [0.5, 0.6) is 5.75 Å². The Balaban J connectivity index is 1.85. The summed E-state index contributed by atoms with van der Waals surface area (Å²) in [6.45, 7) is 1.87. The van der Waals surface area contributed by atoms with Crippen LogP contribution in [0.25, 0.3) is 5.65 Å². The number of benzene rings is 1. The summed E-state index contributed by atoms with van der Waals surface area (Å²) in [7, 11) is 5.35. The highest BCUT2D eigenvalue weighted by atomic mass is 19.4. The van der Waals surface area contributed by atoms with Gasteiger partial charge in [-0.25, -0.2) is 4.98 Å². The van der Waals surface area contributed by atoms with E-state index in [2.05, 4.69) is 10.3 Å². The van der Waals surface area contributed by atoms with E-state index >= 15 is 0 Å². The lowest BCUT2D eigenvalue weighted by Gasteiger charge is -2.25. The van der Waals surface area contributed by atoms with Gasteiger partial charge in [-0.3, -0.25) is 9.20 Å². The number of likely N-dealkylation sites (N-methyl/N-ethyl adjacent to an activating group) is 1. The summed E-state index contributed by atoms with van der Waals surface area (Å²) in [6.07, 6.45) is -3.61. The molecular weight excluding hydrogens is 397 g/mol. The lowest BCUT2D eigenvalue weighted by Crippen LogP contribution is -2.35. The number of imidazole rings is 1. The number of rotatable bonds is 6. The van der Waals surface area contributed by atoms with Crippen LogP contribution >= 0.6 is 0 Å². The van der Waals surface area contributed by atoms with Crippen LogP contribution in [0.1, 0.15) is 33.4 Å². The van der Waals surface area contributed by atoms with Crippen molar-refractivity contribution in [1.29, 1.82) is 0 Å². The number of carbonyl (C=O) groups excluding carboxylic acids is 1. The SMILES string of the molecule is COc1ccc(C(CNC(=O)c2c(C)nc3ccc(C(F)(F)F)cn23)N(C)C)cc1. The molecule has 0 spiro atoms. The van der Waals surface area contributed by atoms with Gasteiger partial charge >= 0.3 is 6.18 Å². The molecule has 0 aliphatic heterocycles. The first-order chi connectivity index (χ1) is 14.1. The number of aromatic nitrogens is 2. The van der Waals surface area contributed by atoms with E-state index in [0.29, 0.717) is 5.69 Å². The van der Waals surface area contributed by atoms with Gasteiger partial charge in [-0.05, 0) is 50.8 Å². The van der Waals surface area contributed by atoms with Crippen molar-refractivity contribution in [2.24, 2.45) is 0 Å². The lowest BCUT2D eigenvalue weighted by atomic mass is 10.1. The standard InChI is InChI=1S/C21H23F3N4O2/c1-13-19(28-12-15(21(22,23)24)7-10-18(28)26-13)20(29)25-11-17(27(2)3)14-5-8-16(30-4)9-6-14/h5-10,12,17H,11H2,1-4H3,(H,25,29). The van der Waals surface area contributed by atoms with Crippen LogP contribution in [-0.4, -0.2) is 47.9 Å². The number of carbonyl (C=O) groups is 1.